The fourth-order valence-electron chi connectivity index (χ4n) is 3.12. The second-order valence-corrected chi connectivity index (χ2v) is 6.50. The number of nitrogens with zero attached hydrogens (tertiary/aromatic N) is 4. The summed E-state index contributed by atoms with van der Waals surface area (Å²) in [5.41, 5.74) is 3.58. The van der Waals surface area contributed by atoms with Gasteiger partial charge in [-0.3, -0.25) is 9.78 Å². The van der Waals surface area contributed by atoms with Crippen LogP contribution in [0.25, 0.3) is 16.9 Å². The van der Waals surface area contributed by atoms with Crippen LogP contribution in [0, 0.1) is 6.92 Å². The maximum atomic E-state index is 12.9. The zero-order chi connectivity index (χ0) is 19.3. The van der Waals surface area contributed by atoms with E-state index in [0.717, 1.165) is 16.8 Å². The van der Waals surface area contributed by atoms with Gasteiger partial charge in [0.1, 0.15) is 5.69 Å². The van der Waals surface area contributed by atoms with Crippen molar-refractivity contribution in [3.8, 4) is 16.9 Å². The van der Waals surface area contributed by atoms with Crippen LogP contribution in [0.3, 0.4) is 0 Å². The van der Waals surface area contributed by atoms with Gasteiger partial charge in [-0.05, 0) is 30.7 Å². The lowest BCUT2D eigenvalue weighted by Crippen LogP contribution is -2.40. The average Bonchev–Trinajstić information content (AvgIpc) is 3.19. The third kappa shape index (κ3) is 3.78. The number of rotatable bonds is 5. The van der Waals surface area contributed by atoms with Gasteiger partial charge in [-0.2, -0.15) is 0 Å². The lowest BCUT2D eigenvalue weighted by Gasteiger charge is -2.22. The van der Waals surface area contributed by atoms with E-state index >= 15 is 0 Å². The number of aryl methyl sites for hydroxylation is 1. The van der Waals surface area contributed by atoms with E-state index in [1.165, 1.54) is 0 Å². The largest absolute Gasteiger partial charge is 0.376 e. The van der Waals surface area contributed by atoms with Gasteiger partial charge in [0.15, 0.2) is 5.69 Å². The Labute approximate surface area is 162 Å². The van der Waals surface area contributed by atoms with Crippen LogP contribution < -0.4 is 5.32 Å². The van der Waals surface area contributed by atoms with Gasteiger partial charge in [-0.1, -0.05) is 23.4 Å². The minimum Gasteiger partial charge on any atom is -0.376 e. The highest BCUT2D eigenvalue weighted by Gasteiger charge is 2.24. The van der Waals surface area contributed by atoms with Gasteiger partial charge >= 0.3 is 0 Å². The number of para-hydroxylation sites is 1. The highest BCUT2D eigenvalue weighted by atomic mass is 16.6. The molecule has 1 fully saturated rings. The zero-order valence-corrected chi connectivity index (χ0v) is 15.5. The molecule has 3 aromatic rings. The normalized spacial score (nSPS) is 16.7. The summed E-state index contributed by atoms with van der Waals surface area (Å²) < 4.78 is 12.6. The van der Waals surface area contributed by atoms with E-state index in [1.54, 1.807) is 17.1 Å². The first-order chi connectivity index (χ1) is 13.7. The topological polar surface area (TPSA) is 91.2 Å². The number of carbonyl (C=O) groups is 1. The summed E-state index contributed by atoms with van der Waals surface area (Å²) in [7, 11) is 0. The monoisotopic (exact) mass is 379 g/mol. The molecule has 144 valence electrons. The molecule has 8 nitrogen and oxygen atoms in total. The van der Waals surface area contributed by atoms with Crippen molar-refractivity contribution in [1.82, 2.24) is 25.3 Å². The Morgan fingerprint density at radius 3 is 2.79 bits per heavy atom. The van der Waals surface area contributed by atoms with Gasteiger partial charge in [0.25, 0.3) is 5.91 Å². The van der Waals surface area contributed by atoms with E-state index in [2.05, 4.69) is 20.6 Å². The molecule has 8 heteroatoms. The van der Waals surface area contributed by atoms with Crippen LogP contribution in [0.2, 0.25) is 0 Å². The molecular weight excluding hydrogens is 358 g/mol. The van der Waals surface area contributed by atoms with Crippen molar-refractivity contribution in [1.29, 1.82) is 0 Å². The summed E-state index contributed by atoms with van der Waals surface area (Å²) in [4.78, 5) is 16.9. The number of carbonyl (C=O) groups excluding carboxylic acids is 1. The molecule has 1 saturated heterocycles. The van der Waals surface area contributed by atoms with Crippen molar-refractivity contribution < 1.29 is 14.3 Å². The van der Waals surface area contributed by atoms with E-state index in [4.69, 9.17) is 9.47 Å². The fraction of sp³-hybridized carbons (Fsp3) is 0.300. The first kappa shape index (κ1) is 18.3. The Balaban J connectivity index is 1.67. The first-order valence-electron chi connectivity index (χ1n) is 9.13. The van der Waals surface area contributed by atoms with Crippen LogP contribution in [0.4, 0.5) is 0 Å². The van der Waals surface area contributed by atoms with E-state index in [1.807, 2.05) is 43.3 Å². The number of aromatic nitrogens is 4. The van der Waals surface area contributed by atoms with Crippen molar-refractivity contribution in [3.05, 3.63) is 60.0 Å². The van der Waals surface area contributed by atoms with E-state index in [9.17, 15) is 4.79 Å². The van der Waals surface area contributed by atoms with Crippen LogP contribution in [0.15, 0.2) is 48.8 Å². The quantitative estimate of drug-likeness (QED) is 0.727. The summed E-state index contributed by atoms with van der Waals surface area (Å²) >= 11 is 0. The van der Waals surface area contributed by atoms with Gasteiger partial charge < -0.3 is 14.8 Å². The molecule has 0 radical (unpaired) electrons. The van der Waals surface area contributed by atoms with E-state index in [-0.39, 0.29) is 17.7 Å². The Bertz CT molecular complexity index is 951. The molecule has 1 amide bonds. The predicted octanol–water partition coefficient (Wildman–Crippen LogP) is 1.78. The van der Waals surface area contributed by atoms with Gasteiger partial charge in [-0.25, -0.2) is 4.68 Å². The minimum absolute atomic E-state index is 0.159. The third-order valence-electron chi connectivity index (χ3n) is 4.56. The van der Waals surface area contributed by atoms with Crippen molar-refractivity contribution in [3.63, 3.8) is 0 Å². The molecule has 0 unspecified atom stereocenters. The Hall–Kier alpha value is -3.10. The average molecular weight is 379 g/mol. The molecule has 3 heterocycles. The summed E-state index contributed by atoms with van der Waals surface area (Å²) in [5, 5.41) is 11.3. The molecule has 1 aliphatic heterocycles. The van der Waals surface area contributed by atoms with Crippen molar-refractivity contribution in [2.45, 2.75) is 13.0 Å². The third-order valence-corrected chi connectivity index (χ3v) is 4.56. The SMILES string of the molecule is Cc1ccccc1-n1nnc(C(=O)NC[C@@H]2COCCO2)c1-c1ccncc1. The predicted molar refractivity (Wildman–Crippen MR) is 102 cm³/mol. The molecule has 1 atom stereocenters. The Morgan fingerprint density at radius 2 is 2.04 bits per heavy atom. The van der Waals surface area contributed by atoms with E-state index < -0.39 is 0 Å². The van der Waals surface area contributed by atoms with Crippen molar-refractivity contribution >= 4 is 5.91 Å². The van der Waals surface area contributed by atoms with Crippen LogP contribution in [0.1, 0.15) is 16.1 Å². The Morgan fingerprint density at radius 1 is 1.21 bits per heavy atom. The second kappa shape index (κ2) is 8.28. The zero-order valence-electron chi connectivity index (χ0n) is 15.5. The van der Waals surface area contributed by atoms with Gasteiger partial charge in [0, 0.05) is 24.5 Å². The van der Waals surface area contributed by atoms with Gasteiger partial charge in [0.2, 0.25) is 0 Å². The number of ether oxygens (including phenoxy) is 2. The lowest BCUT2D eigenvalue weighted by molar-refractivity contribution is -0.0855. The number of amides is 1. The first-order valence-corrected chi connectivity index (χ1v) is 9.13. The fourth-order valence-corrected chi connectivity index (χ4v) is 3.12. The highest BCUT2D eigenvalue weighted by Crippen LogP contribution is 2.26. The smallest absolute Gasteiger partial charge is 0.274 e. The van der Waals surface area contributed by atoms with Crippen molar-refractivity contribution in [2.24, 2.45) is 0 Å². The molecule has 0 aliphatic carbocycles. The number of hydrogen-bond acceptors (Lipinski definition) is 6. The maximum absolute atomic E-state index is 12.9. The molecular formula is C20H21N5O3. The number of nitrogens with one attached hydrogen (secondary N) is 1. The lowest BCUT2D eigenvalue weighted by atomic mass is 10.1. The summed E-state index contributed by atoms with van der Waals surface area (Å²) in [6.07, 6.45) is 3.20. The molecule has 0 saturated carbocycles. The molecule has 0 bridgehead atoms. The molecule has 1 N–H and O–H groups in total. The number of hydrogen-bond donors (Lipinski definition) is 1. The minimum atomic E-state index is -0.305. The van der Waals surface area contributed by atoms with Gasteiger partial charge in [-0.15, -0.1) is 5.10 Å². The molecule has 28 heavy (non-hydrogen) atoms. The summed E-state index contributed by atoms with van der Waals surface area (Å²) in [6.45, 7) is 3.93. The molecule has 1 aromatic carbocycles. The summed E-state index contributed by atoms with van der Waals surface area (Å²) in [5.74, 6) is -0.305. The second-order valence-electron chi connectivity index (χ2n) is 6.50. The van der Waals surface area contributed by atoms with Crippen LogP contribution in [-0.4, -0.2) is 58.4 Å². The number of pyridine rings is 1. The molecule has 0 spiro atoms. The molecule has 4 rings (SSSR count). The van der Waals surface area contributed by atoms with Crippen LogP contribution in [0.5, 0.6) is 0 Å². The van der Waals surface area contributed by atoms with E-state index in [0.29, 0.717) is 32.1 Å². The van der Waals surface area contributed by atoms with Gasteiger partial charge in [0.05, 0.1) is 31.6 Å². The standard InChI is InChI=1S/C20H21N5O3/c1-14-4-2-3-5-17(14)25-19(15-6-8-21-9-7-15)18(23-24-25)20(26)22-12-16-13-27-10-11-28-16/h2-9,16H,10-13H2,1H3,(H,22,26)/t16-/m1/s1. The van der Waals surface area contributed by atoms with Crippen LogP contribution in [-0.2, 0) is 9.47 Å². The Kier molecular flexibility index (Phi) is 5.41. The van der Waals surface area contributed by atoms with Crippen LogP contribution >= 0.6 is 0 Å². The summed E-state index contributed by atoms with van der Waals surface area (Å²) in [6, 6.07) is 11.5. The maximum Gasteiger partial charge on any atom is 0.274 e. The highest BCUT2D eigenvalue weighted by molar-refractivity contribution is 5.98. The number of benzene rings is 1. The molecule has 2 aromatic heterocycles. The molecule has 1 aliphatic rings. The van der Waals surface area contributed by atoms with Crippen molar-refractivity contribution in [2.75, 3.05) is 26.4 Å².